The van der Waals surface area contributed by atoms with Crippen LogP contribution in [0.5, 0.6) is 5.75 Å². The van der Waals surface area contributed by atoms with Gasteiger partial charge in [0.25, 0.3) is 0 Å². The number of nitrogens with zero attached hydrogens (tertiary/aromatic N) is 4. The summed E-state index contributed by atoms with van der Waals surface area (Å²) in [4.78, 5) is 13.0. The second kappa shape index (κ2) is 8.93. The number of rotatable bonds is 10. The van der Waals surface area contributed by atoms with Gasteiger partial charge in [-0.15, -0.1) is 16.8 Å². The SMILES string of the molecule is C=CCc1cc(C(=O)CO)ccc1OCCCCc1nnn(C)n1. The third-order valence-corrected chi connectivity index (χ3v) is 3.49. The van der Waals surface area contributed by atoms with Crippen molar-refractivity contribution in [2.75, 3.05) is 13.2 Å². The Morgan fingerprint density at radius 2 is 2.25 bits per heavy atom. The molecule has 1 aromatic carbocycles. The summed E-state index contributed by atoms with van der Waals surface area (Å²) < 4.78 is 5.82. The van der Waals surface area contributed by atoms with Crippen LogP contribution in [-0.4, -0.2) is 44.3 Å². The molecule has 0 saturated heterocycles. The van der Waals surface area contributed by atoms with Gasteiger partial charge in [0.05, 0.1) is 13.7 Å². The first kappa shape index (κ1) is 17.8. The molecule has 2 aromatic rings. The van der Waals surface area contributed by atoms with Crippen LogP contribution < -0.4 is 4.74 Å². The number of ketones is 1. The van der Waals surface area contributed by atoms with E-state index in [0.29, 0.717) is 18.6 Å². The molecule has 0 aliphatic heterocycles. The number of benzene rings is 1. The largest absolute Gasteiger partial charge is 0.493 e. The van der Waals surface area contributed by atoms with Gasteiger partial charge in [-0.2, -0.15) is 4.80 Å². The molecule has 0 radical (unpaired) electrons. The number of aromatic nitrogens is 4. The zero-order valence-corrected chi connectivity index (χ0v) is 13.8. The van der Waals surface area contributed by atoms with E-state index in [2.05, 4.69) is 22.0 Å². The van der Waals surface area contributed by atoms with E-state index >= 15 is 0 Å². The average Bonchev–Trinajstić information content (AvgIpc) is 3.00. The van der Waals surface area contributed by atoms with Crippen molar-refractivity contribution in [2.24, 2.45) is 7.05 Å². The maximum atomic E-state index is 11.6. The summed E-state index contributed by atoms with van der Waals surface area (Å²) >= 11 is 0. The summed E-state index contributed by atoms with van der Waals surface area (Å²) in [5, 5.41) is 20.8. The van der Waals surface area contributed by atoms with Crippen molar-refractivity contribution in [3.05, 3.63) is 47.8 Å². The van der Waals surface area contributed by atoms with Crippen LogP contribution >= 0.6 is 0 Å². The summed E-state index contributed by atoms with van der Waals surface area (Å²) in [6, 6.07) is 5.19. The number of hydrogen-bond donors (Lipinski definition) is 1. The van der Waals surface area contributed by atoms with E-state index in [0.717, 1.165) is 36.4 Å². The summed E-state index contributed by atoms with van der Waals surface area (Å²) in [6.45, 7) is 3.80. The van der Waals surface area contributed by atoms with Gasteiger partial charge in [-0.05, 0) is 48.2 Å². The maximum Gasteiger partial charge on any atom is 0.188 e. The van der Waals surface area contributed by atoms with Crippen LogP contribution in [-0.2, 0) is 19.9 Å². The molecular formula is C17H22N4O3. The Bertz CT molecular complexity index is 697. The van der Waals surface area contributed by atoms with E-state index in [1.54, 1.807) is 31.3 Å². The van der Waals surface area contributed by atoms with Crippen molar-refractivity contribution in [3.63, 3.8) is 0 Å². The first-order valence-electron chi connectivity index (χ1n) is 7.87. The van der Waals surface area contributed by atoms with E-state index in [-0.39, 0.29) is 5.78 Å². The Kier molecular flexibility index (Phi) is 6.62. The third-order valence-electron chi connectivity index (χ3n) is 3.49. The molecule has 0 spiro atoms. The van der Waals surface area contributed by atoms with Crippen molar-refractivity contribution in [2.45, 2.75) is 25.7 Å². The Balaban J connectivity index is 1.86. The minimum absolute atomic E-state index is 0.302. The lowest BCUT2D eigenvalue weighted by atomic mass is 10.0. The van der Waals surface area contributed by atoms with E-state index in [9.17, 15) is 4.79 Å². The molecule has 128 valence electrons. The lowest BCUT2D eigenvalue weighted by molar-refractivity contribution is 0.0903. The van der Waals surface area contributed by atoms with Gasteiger partial charge in [0.2, 0.25) is 0 Å². The molecule has 1 aromatic heterocycles. The van der Waals surface area contributed by atoms with Crippen LogP contribution in [0.2, 0.25) is 0 Å². The molecule has 24 heavy (non-hydrogen) atoms. The molecule has 0 atom stereocenters. The van der Waals surface area contributed by atoms with Crippen LogP contribution in [0.1, 0.15) is 34.6 Å². The lowest BCUT2D eigenvalue weighted by Crippen LogP contribution is -2.06. The first-order chi connectivity index (χ1) is 11.6. The van der Waals surface area contributed by atoms with Crippen LogP contribution in [0.25, 0.3) is 0 Å². The number of carbonyl (C=O) groups excluding carboxylic acids is 1. The van der Waals surface area contributed by atoms with Gasteiger partial charge in [-0.3, -0.25) is 4.79 Å². The minimum Gasteiger partial charge on any atom is -0.493 e. The van der Waals surface area contributed by atoms with Crippen molar-refractivity contribution < 1.29 is 14.6 Å². The zero-order valence-electron chi connectivity index (χ0n) is 13.8. The number of aliphatic hydroxyl groups is 1. The quantitative estimate of drug-likeness (QED) is 0.403. The molecule has 0 aliphatic rings. The Morgan fingerprint density at radius 3 is 2.92 bits per heavy atom. The van der Waals surface area contributed by atoms with Gasteiger partial charge in [-0.25, -0.2) is 0 Å². The summed E-state index contributed by atoms with van der Waals surface area (Å²) in [5.74, 6) is 1.17. The fourth-order valence-electron chi connectivity index (χ4n) is 2.29. The molecule has 7 heteroatoms. The first-order valence-corrected chi connectivity index (χ1v) is 7.87. The van der Waals surface area contributed by atoms with E-state index < -0.39 is 6.61 Å². The maximum absolute atomic E-state index is 11.6. The highest BCUT2D eigenvalue weighted by atomic mass is 16.5. The number of tetrazole rings is 1. The van der Waals surface area contributed by atoms with Gasteiger partial charge < -0.3 is 9.84 Å². The number of aryl methyl sites for hydroxylation is 2. The molecule has 1 heterocycles. The standard InChI is InChI=1S/C17H22N4O3/c1-3-6-14-11-13(15(23)12-22)8-9-16(14)24-10-5-4-7-17-18-20-21(2)19-17/h3,8-9,11,22H,1,4-7,10,12H2,2H3. The molecule has 1 N–H and O–H groups in total. The molecule has 0 unspecified atom stereocenters. The normalized spacial score (nSPS) is 10.6. The number of carbonyl (C=O) groups is 1. The van der Waals surface area contributed by atoms with Crippen LogP contribution in [0.15, 0.2) is 30.9 Å². The van der Waals surface area contributed by atoms with Gasteiger partial charge in [0.15, 0.2) is 11.6 Å². The molecule has 0 saturated carbocycles. The second-order valence-electron chi connectivity index (χ2n) is 5.40. The number of unbranched alkanes of at least 4 members (excludes halogenated alkanes) is 1. The molecular weight excluding hydrogens is 308 g/mol. The molecule has 7 nitrogen and oxygen atoms in total. The smallest absolute Gasteiger partial charge is 0.188 e. The van der Waals surface area contributed by atoms with Crippen molar-refractivity contribution in [1.82, 2.24) is 20.2 Å². The van der Waals surface area contributed by atoms with Crippen LogP contribution in [0, 0.1) is 0 Å². The molecule has 2 rings (SSSR count). The van der Waals surface area contributed by atoms with Gasteiger partial charge >= 0.3 is 0 Å². The third kappa shape index (κ3) is 4.99. The Labute approximate surface area is 141 Å². The van der Waals surface area contributed by atoms with Crippen molar-refractivity contribution in [1.29, 1.82) is 0 Å². The number of hydrogen-bond acceptors (Lipinski definition) is 6. The number of aliphatic hydroxyl groups excluding tert-OH is 1. The van der Waals surface area contributed by atoms with Crippen molar-refractivity contribution >= 4 is 5.78 Å². The number of ether oxygens (including phenoxy) is 1. The second-order valence-corrected chi connectivity index (χ2v) is 5.40. The fraction of sp³-hybridized carbons (Fsp3) is 0.412. The molecule has 0 amide bonds. The average molecular weight is 330 g/mol. The molecule has 0 aliphatic carbocycles. The molecule has 0 fully saturated rings. The highest BCUT2D eigenvalue weighted by molar-refractivity contribution is 5.97. The monoisotopic (exact) mass is 330 g/mol. The fourth-order valence-corrected chi connectivity index (χ4v) is 2.29. The predicted molar refractivity (Wildman–Crippen MR) is 89.0 cm³/mol. The number of Topliss-reactive ketones (excluding diaryl/α,β-unsaturated/α-hetero) is 1. The van der Waals surface area contributed by atoms with E-state index in [1.165, 1.54) is 4.80 Å². The van der Waals surface area contributed by atoms with Gasteiger partial charge in [0, 0.05) is 12.0 Å². The topological polar surface area (TPSA) is 90.1 Å². The lowest BCUT2D eigenvalue weighted by Gasteiger charge is -2.11. The Morgan fingerprint density at radius 1 is 1.42 bits per heavy atom. The summed E-state index contributed by atoms with van der Waals surface area (Å²) in [5.41, 5.74) is 1.37. The summed E-state index contributed by atoms with van der Waals surface area (Å²) in [6.07, 6.45) is 4.90. The number of allylic oxidation sites excluding steroid dienone is 1. The highest BCUT2D eigenvalue weighted by Crippen LogP contribution is 2.22. The zero-order chi connectivity index (χ0) is 17.4. The van der Waals surface area contributed by atoms with E-state index in [4.69, 9.17) is 9.84 Å². The highest BCUT2D eigenvalue weighted by Gasteiger charge is 2.09. The van der Waals surface area contributed by atoms with E-state index in [1.807, 2.05) is 0 Å². The van der Waals surface area contributed by atoms with Gasteiger partial charge in [-0.1, -0.05) is 6.08 Å². The van der Waals surface area contributed by atoms with Crippen molar-refractivity contribution in [3.8, 4) is 5.75 Å². The van der Waals surface area contributed by atoms with Gasteiger partial charge in [0.1, 0.15) is 12.4 Å². The predicted octanol–water partition coefficient (Wildman–Crippen LogP) is 1.52. The minimum atomic E-state index is -0.496. The van der Waals surface area contributed by atoms with Crippen LogP contribution in [0.4, 0.5) is 0 Å². The summed E-state index contributed by atoms with van der Waals surface area (Å²) in [7, 11) is 1.74. The molecule has 0 bridgehead atoms. The Hall–Kier alpha value is -2.54. The van der Waals surface area contributed by atoms with Crippen LogP contribution in [0.3, 0.4) is 0 Å².